The second-order valence-corrected chi connectivity index (χ2v) is 5.53. The molecule has 1 fully saturated rings. The number of methoxy groups -OCH3 is 1. The third-order valence-electron chi connectivity index (χ3n) is 3.84. The second-order valence-electron chi connectivity index (χ2n) is 5.53. The third kappa shape index (κ3) is 7.96. The van der Waals surface area contributed by atoms with Gasteiger partial charge < -0.3 is 20.7 Å². The van der Waals surface area contributed by atoms with Crippen molar-refractivity contribution in [2.45, 2.75) is 51.0 Å². The predicted molar refractivity (Wildman–Crippen MR) is 89.0 cm³/mol. The van der Waals surface area contributed by atoms with Gasteiger partial charge in [0.25, 0.3) is 0 Å². The van der Waals surface area contributed by atoms with E-state index in [9.17, 15) is 9.59 Å². The van der Waals surface area contributed by atoms with E-state index in [1.54, 1.807) is 7.11 Å². The van der Waals surface area contributed by atoms with Gasteiger partial charge in [0.05, 0.1) is 0 Å². The molecule has 1 heterocycles. The maximum Gasteiger partial charge on any atom is 0.222 e. The molecule has 1 saturated heterocycles. The predicted octanol–water partition coefficient (Wildman–Crippen LogP) is 1.07. The van der Waals surface area contributed by atoms with Crippen LogP contribution in [0.25, 0.3) is 0 Å². The highest BCUT2D eigenvalue weighted by molar-refractivity contribution is 5.85. The van der Waals surface area contributed by atoms with Gasteiger partial charge in [0.1, 0.15) is 0 Å². The number of hydrogen-bond donors (Lipinski definition) is 2. The molecule has 1 atom stereocenters. The number of amides is 2. The summed E-state index contributed by atoms with van der Waals surface area (Å²) >= 11 is 0. The fourth-order valence-corrected chi connectivity index (χ4v) is 2.66. The van der Waals surface area contributed by atoms with Crippen molar-refractivity contribution in [3.05, 3.63) is 0 Å². The molecule has 0 aromatic rings. The highest BCUT2D eigenvalue weighted by Crippen LogP contribution is 2.18. The highest BCUT2D eigenvalue weighted by Gasteiger charge is 2.26. The standard InChI is InChI=1S/C15H29N3O3.ClH/c1-21-11-5-3-7-15(20)18-10-4-2-6-13(18)12-17-14(19)8-9-16;/h13H,2-12,16H2,1H3,(H,17,19);1H. The molecule has 130 valence electrons. The smallest absolute Gasteiger partial charge is 0.222 e. The number of halogens is 1. The minimum atomic E-state index is -0.0319. The fraction of sp³-hybridized carbons (Fsp3) is 0.867. The van der Waals surface area contributed by atoms with Gasteiger partial charge in [-0.05, 0) is 32.1 Å². The summed E-state index contributed by atoms with van der Waals surface area (Å²) in [5, 5.41) is 2.88. The number of piperidine rings is 1. The third-order valence-corrected chi connectivity index (χ3v) is 3.84. The first-order valence-electron chi connectivity index (χ1n) is 7.94. The van der Waals surface area contributed by atoms with E-state index < -0.39 is 0 Å². The molecular weight excluding hydrogens is 306 g/mol. The molecule has 22 heavy (non-hydrogen) atoms. The lowest BCUT2D eigenvalue weighted by molar-refractivity contribution is -0.135. The molecule has 1 aliphatic rings. The largest absolute Gasteiger partial charge is 0.385 e. The summed E-state index contributed by atoms with van der Waals surface area (Å²) in [6.07, 6.45) is 5.81. The summed E-state index contributed by atoms with van der Waals surface area (Å²) < 4.78 is 5.00. The van der Waals surface area contributed by atoms with Crippen LogP contribution in [0.5, 0.6) is 0 Å². The average molecular weight is 336 g/mol. The van der Waals surface area contributed by atoms with Crippen molar-refractivity contribution < 1.29 is 14.3 Å². The van der Waals surface area contributed by atoms with E-state index in [2.05, 4.69) is 5.32 Å². The van der Waals surface area contributed by atoms with E-state index in [4.69, 9.17) is 10.5 Å². The molecule has 1 rings (SSSR count). The quantitative estimate of drug-likeness (QED) is 0.617. The average Bonchev–Trinajstić information content (AvgIpc) is 2.50. The Labute approximate surface area is 139 Å². The van der Waals surface area contributed by atoms with Crippen LogP contribution in [0.15, 0.2) is 0 Å². The number of carbonyl (C=O) groups is 2. The van der Waals surface area contributed by atoms with E-state index in [0.29, 0.717) is 32.5 Å². The summed E-state index contributed by atoms with van der Waals surface area (Å²) in [5.41, 5.74) is 5.36. The number of unbranched alkanes of at least 4 members (excludes halogenated alkanes) is 1. The van der Waals surface area contributed by atoms with Crippen molar-refractivity contribution in [3.63, 3.8) is 0 Å². The Hall–Kier alpha value is -0.850. The summed E-state index contributed by atoms with van der Waals surface area (Å²) in [5.74, 6) is 0.166. The Balaban J connectivity index is 0.00000441. The molecule has 0 aromatic carbocycles. The number of hydrogen-bond acceptors (Lipinski definition) is 4. The summed E-state index contributed by atoms with van der Waals surface area (Å²) in [4.78, 5) is 25.7. The molecule has 0 aliphatic carbocycles. The van der Waals surface area contributed by atoms with Gasteiger partial charge in [-0.2, -0.15) is 0 Å². The normalized spacial score (nSPS) is 17.7. The topological polar surface area (TPSA) is 84.7 Å². The van der Waals surface area contributed by atoms with E-state index in [1.807, 2.05) is 4.90 Å². The number of likely N-dealkylation sites (tertiary alicyclic amines) is 1. The van der Waals surface area contributed by atoms with Crippen molar-refractivity contribution in [2.75, 3.05) is 33.4 Å². The molecular formula is C15H30ClN3O3. The molecule has 0 bridgehead atoms. The molecule has 3 N–H and O–H groups in total. The van der Waals surface area contributed by atoms with Crippen LogP contribution in [0.3, 0.4) is 0 Å². The molecule has 0 aromatic heterocycles. The van der Waals surface area contributed by atoms with Crippen LogP contribution in [0, 0.1) is 0 Å². The Kier molecular flexibility index (Phi) is 12.2. The number of nitrogens with one attached hydrogen (secondary N) is 1. The van der Waals surface area contributed by atoms with Crippen LogP contribution in [-0.2, 0) is 14.3 Å². The van der Waals surface area contributed by atoms with Crippen LogP contribution in [-0.4, -0.2) is 56.1 Å². The SMILES string of the molecule is COCCCCC(=O)N1CCCCC1CNC(=O)CCN.Cl. The van der Waals surface area contributed by atoms with E-state index in [1.165, 1.54) is 0 Å². The van der Waals surface area contributed by atoms with Gasteiger partial charge >= 0.3 is 0 Å². The molecule has 0 spiro atoms. The Morgan fingerprint density at radius 2 is 2.05 bits per heavy atom. The van der Waals surface area contributed by atoms with Crippen LogP contribution in [0.2, 0.25) is 0 Å². The monoisotopic (exact) mass is 335 g/mol. The zero-order valence-corrected chi connectivity index (χ0v) is 14.3. The van der Waals surface area contributed by atoms with Crippen LogP contribution in [0.1, 0.15) is 44.9 Å². The van der Waals surface area contributed by atoms with Gasteiger partial charge in [-0.25, -0.2) is 0 Å². The Morgan fingerprint density at radius 3 is 2.73 bits per heavy atom. The lowest BCUT2D eigenvalue weighted by Crippen LogP contribution is -2.49. The number of ether oxygens (including phenoxy) is 1. The van der Waals surface area contributed by atoms with Crippen molar-refractivity contribution in [1.82, 2.24) is 10.2 Å². The van der Waals surface area contributed by atoms with E-state index in [-0.39, 0.29) is 30.3 Å². The summed E-state index contributed by atoms with van der Waals surface area (Å²) in [7, 11) is 1.67. The number of nitrogens with zero attached hydrogens (tertiary/aromatic N) is 1. The number of rotatable bonds is 9. The number of carbonyl (C=O) groups excluding carboxylic acids is 2. The first kappa shape index (κ1) is 21.1. The van der Waals surface area contributed by atoms with Crippen molar-refractivity contribution in [2.24, 2.45) is 5.73 Å². The number of nitrogens with two attached hydrogens (primary N) is 1. The lowest BCUT2D eigenvalue weighted by atomic mass is 10.0. The minimum absolute atomic E-state index is 0. The van der Waals surface area contributed by atoms with Crippen molar-refractivity contribution >= 4 is 24.2 Å². The van der Waals surface area contributed by atoms with Crippen LogP contribution in [0.4, 0.5) is 0 Å². The Bertz CT molecular complexity index is 329. The van der Waals surface area contributed by atoms with Crippen molar-refractivity contribution in [3.8, 4) is 0 Å². The van der Waals surface area contributed by atoms with Crippen molar-refractivity contribution in [1.29, 1.82) is 0 Å². The second kappa shape index (κ2) is 12.7. The van der Waals surface area contributed by atoms with Gasteiger partial charge in [0, 0.05) is 52.2 Å². The van der Waals surface area contributed by atoms with E-state index >= 15 is 0 Å². The van der Waals surface area contributed by atoms with Gasteiger partial charge in [-0.15, -0.1) is 12.4 Å². The molecule has 1 aliphatic heterocycles. The highest BCUT2D eigenvalue weighted by atomic mass is 35.5. The molecule has 1 unspecified atom stereocenters. The summed E-state index contributed by atoms with van der Waals surface area (Å²) in [6, 6.07) is 0.135. The first-order valence-corrected chi connectivity index (χ1v) is 7.94. The van der Waals surface area contributed by atoms with Gasteiger partial charge in [-0.3, -0.25) is 9.59 Å². The van der Waals surface area contributed by atoms with Crippen LogP contribution >= 0.6 is 12.4 Å². The molecule has 2 amide bonds. The Morgan fingerprint density at radius 1 is 1.27 bits per heavy atom. The molecule has 0 radical (unpaired) electrons. The maximum absolute atomic E-state index is 12.3. The maximum atomic E-state index is 12.3. The van der Waals surface area contributed by atoms with Gasteiger partial charge in [0.2, 0.25) is 11.8 Å². The first-order chi connectivity index (χ1) is 10.2. The summed E-state index contributed by atoms with van der Waals surface area (Å²) in [6.45, 7) is 2.41. The minimum Gasteiger partial charge on any atom is -0.385 e. The zero-order chi connectivity index (χ0) is 15.5. The molecule has 0 saturated carbocycles. The van der Waals surface area contributed by atoms with Gasteiger partial charge in [0.15, 0.2) is 0 Å². The fourth-order valence-electron chi connectivity index (χ4n) is 2.66. The molecule has 7 heteroatoms. The lowest BCUT2D eigenvalue weighted by Gasteiger charge is -2.36. The van der Waals surface area contributed by atoms with Gasteiger partial charge in [-0.1, -0.05) is 0 Å². The van der Waals surface area contributed by atoms with E-state index in [0.717, 1.165) is 38.6 Å². The molecule has 6 nitrogen and oxygen atoms in total. The zero-order valence-electron chi connectivity index (χ0n) is 13.5. The van der Waals surface area contributed by atoms with Crippen LogP contribution < -0.4 is 11.1 Å².